The minimum Gasteiger partial charge on any atom is -0.481 e. The molecule has 0 radical (unpaired) electrons. The van der Waals surface area contributed by atoms with Gasteiger partial charge < -0.3 is 5.11 Å². The summed E-state index contributed by atoms with van der Waals surface area (Å²) >= 11 is 0. The number of nitrogens with zero attached hydrogens (tertiary/aromatic N) is 1. The molecule has 1 N–H and O–H groups in total. The van der Waals surface area contributed by atoms with Gasteiger partial charge in [-0.05, 0) is 23.1 Å². The van der Waals surface area contributed by atoms with Gasteiger partial charge >= 0.3 is 5.97 Å². The number of hydrogen-bond donors (Lipinski definition) is 1. The second-order valence-corrected chi connectivity index (χ2v) is 5.56. The van der Waals surface area contributed by atoms with Gasteiger partial charge in [-0.1, -0.05) is 54.6 Å². The number of hydrogen-bond acceptors (Lipinski definition) is 2. The summed E-state index contributed by atoms with van der Waals surface area (Å²) in [7, 11) is 0. The van der Waals surface area contributed by atoms with Crippen molar-refractivity contribution in [3.05, 3.63) is 71.3 Å². The van der Waals surface area contributed by atoms with Crippen LogP contribution in [0.1, 0.15) is 22.6 Å². The molecule has 0 saturated carbocycles. The lowest BCUT2D eigenvalue weighted by Crippen LogP contribution is -2.37. The largest absolute Gasteiger partial charge is 0.481 e. The van der Waals surface area contributed by atoms with Crippen LogP contribution >= 0.6 is 0 Å². The topological polar surface area (TPSA) is 40.5 Å². The van der Waals surface area contributed by atoms with E-state index in [4.69, 9.17) is 0 Å². The van der Waals surface area contributed by atoms with Gasteiger partial charge in [-0.3, -0.25) is 9.69 Å². The molecule has 3 rings (SSSR count). The molecule has 21 heavy (non-hydrogen) atoms. The van der Waals surface area contributed by atoms with Gasteiger partial charge in [0.1, 0.15) is 0 Å². The summed E-state index contributed by atoms with van der Waals surface area (Å²) in [6.45, 7) is 2.33. The Balaban J connectivity index is 1.73. The van der Waals surface area contributed by atoms with E-state index in [9.17, 15) is 9.90 Å². The summed E-state index contributed by atoms with van der Waals surface area (Å²) in [5.74, 6) is -1.14. The van der Waals surface area contributed by atoms with Crippen LogP contribution in [0.5, 0.6) is 0 Å². The van der Waals surface area contributed by atoms with E-state index in [0.29, 0.717) is 6.54 Å². The maximum atomic E-state index is 11.5. The summed E-state index contributed by atoms with van der Waals surface area (Å²) in [5.41, 5.74) is 3.41. The fraction of sp³-hybridized carbons (Fsp3) is 0.278. The number of carbonyl (C=O) groups is 1. The smallest absolute Gasteiger partial charge is 0.312 e. The van der Waals surface area contributed by atoms with E-state index in [0.717, 1.165) is 30.6 Å². The standard InChI is InChI=1S/C18H19NO2/c20-18(21)17-13-19(11-10-14-6-2-1-3-7-14)12-15-8-4-5-9-16(15)17/h1-9,17H,10-13H2,(H,20,21). The van der Waals surface area contributed by atoms with Gasteiger partial charge in [-0.25, -0.2) is 0 Å². The highest BCUT2D eigenvalue weighted by Gasteiger charge is 2.29. The normalized spacial score (nSPS) is 18.2. The first-order valence-corrected chi connectivity index (χ1v) is 7.31. The van der Waals surface area contributed by atoms with Crippen molar-refractivity contribution in [1.29, 1.82) is 0 Å². The zero-order valence-corrected chi connectivity index (χ0v) is 11.9. The van der Waals surface area contributed by atoms with Crippen LogP contribution in [0.25, 0.3) is 0 Å². The summed E-state index contributed by atoms with van der Waals surface area (Å²) in [4.78, 5) is 13.8. The highest BCUT2D eigenvalue weighted by atomic mass is 16.4. The maximum Gasteiger partial charge on any atom is 0.312 e. The average molecular weight is 281 g/mol. The van der Waals surface area contributed by atoms with Crippen LogP contribution in [0.3, 0.4) is 0 Å². The van der Waals surface area contributed by atoms with Crippen LogP contribution < -0.4 is 0 Å². The summed E-state index contributed by atoms with van der Waals surface area (Å²) < 4.78 is 0. The zero-order chi connectivity index (χ0) is 14.7. The molecule has 0 aromatic heterocycles. The van der Waals surface area contributed by atoms with Crippen LogP contribution in [0.15, 0.2) is 54.6 Å². The first-order valence-electron chi connectivity index (χ1n) is 7.31. The molecule has 0 saturated heterocycles. The Hall–Kier alpha value is -2.13. The molecular weight excluding hydrogens is 262 g/mol. The minimum atomic E-state index is -0.730. The fourth-order valence-corrected chi connectivity index (χ4v) is 2.99. The molecule has 1 aliphatic rings. The van der Waals surface area contributed by atoms with Crippen LogP contribution in [-0.2, 0) is 17.8 Å². The molecule has 0 spiro atoms. The van der Waals surface area contributed by atoms with Gasteiger partial charge in [0.2, 0.25) is 0 Å². The van der Waals surface area contributed by atoms with Crippen molar-refractivity contribution in [3.63, 3.8) is 0 Å². The molecule has 0 amide bonds. The Morgan fingerprint density at radius 3 is 2.57 bits per heavy atom. The Labute approximate surface area is 124 Å². The molecule has 0 fully saturated rings. The Kier molecular flexibility index (Phi) is 4.02. The van der Waals surface area contributed by atoms with Gasteiger partial charge in [0.05, 0.1) is 5.92 Å². The van der Waals surface area contributed by atoms with Crippen LogP contribution in [0.2, 0.25) is 0 Å². The SMILES string of the molecule is O=C(O)C1CN(CCc2ccccc2)Cc2ccccc21. The fourth-order valence-electron chi connectivity index (χ4n) is 2.99. The Morgan fingerprint density at radius 1 is 1.10 bits per heavy atom. The average Bonchev–Trinajstić information content (AvgIpc) is 2.53. The van der Waals surface area contributed by atoms with E-state index in [1.165, 1.54) is 5.56 Å². The first-order chi connectivity index (χ1) is 10.2. The predicted molar refractivity (Wildman–Crippen MR) is 82.2 cm³/mol. The molecule has 1 unspecified atom stereocenters. The third-order valence-corrected chi connectivity index (χ3v) is 4.12. The molecule has 1 heterocycles. The third-order valence-electron chi connectivity index (χ3n) is 4.12. The monoisotopic (exact) mass is 281 g/mol. The molecular formula is C18H19NO2. The number of rotatable bonds is 4. The van der Waals surface area contributed by atoms with Gasteiger partial charge in [0.15, 0.2) is 0 Å². The van der Waals surface area contributed by atoms with Crippen molar-refractivity contribution in [2.24, 2.45) is 0 Å². The number of benzene rings is 2. The van der Waals surface area contributed by atoms with Gasteiger partial charge in [-0.2, -0.15) is 0 Å². The minimum absolute atomic E-state index is 0.411. The van der Waals surface area contributed by atoms with E-state index in [-0.39, 0.29) is 0 Å². The number of aliphatic carboxylic acids is 1. The lowest BCUT2D eigenvalue weighted by molar-refractivity contribution is -0.139. The lowest BCUT2D eigenvalue weighted by atomic mass is 9.89. The number of carboxylic acid groups (broad SMARTS) is 1. The molecule has 3 nitrogen and oxygen atoms in total. The number of carboxylic acids is 1. The van der Waals surface area contributed by atoms with Crippen molar-refractivity contribution >= 4 is 5.97 Å². The van der Waals surface area contributed by atoms with Crippen molar-refractivity contribution in [2.75, 3.05) is 13.1 Å². The third kappa shape index (κ3) is 3.14. The molecule has 3 heteroatoms. The van der Waals surface area contributed by atoms with Crippen LogP contribution in [0.4, 0.5) is 0 Å². The number of fused-ring (bicyclic) bond motifs is 1. The van der Waals surface area contributed by atoms with Crippen LogP contribution in [-0.4, -0.2) is 29.1 Å². The molecule has 108 valence electrons. The van der Waals surface area contributed by atoms with E-state index in [2.05, 4.69) is 17.0 Å². The van der Waals surface area contributed by atoms with Crippen molar-refractivity contribution in [2.45, 2.75) is 18.9 Å². The van der Waals surface area contributed by atoms with Gasteiger partial charge in [-0.15, -0.1) is 0 Å². The van der Waals surface area contributed by atoms with Gasteiger partial charge in [0.25, 0.3) is 0 Å². The highest BCUT2D eigenvalue weighted by Crippen LogP contribution is 2.28. The maximum absolute atomic E-state index is 11.5. The van der Waals surface area contributed by atoms with Gasteiger partial charge in [0, 0.05) is 19.6 Å². The van der Waals surface area contributed by atoms with Crippen molar-refractivity contribution in [1.82, 2.24) is 4.90 Å². The molecule has 2 aromatic rings. The second-order valence-electron chi connectivity index (χ2n) is 5.56. The summed E-state index contributed by atoms with van der Waals surface area (Å²) in [6.07, 6.45) is 0.954. The molecule has 2 aromatic carbocycles. The Morgan fingerprint density at radius 2 is 1.81 bits per heavy atom. The summed E-state index contributed by atoms with van der Waals surface area (Å²) in [5, 5.41) is 9.46. The van der Waals surface area contributed by atoms with E-state index < -0.39 is 11.9 Å². The quantitative estimate of drug-likeness (QED) is 0.936. The molecule has 0 aliphatic carbocycles. The lowest BCUT2D eigenvalue weighted by Gasteiger charge is -2.32. The van der Waals surface area contributed by atoms with Crippen molar-refractivity contribution in [3.8, 4) is 0 Å². The second kappa shape index (κ2) is 6.10. The highest BCUT2D eigenvalue weighted by molar-refractivity contribution is 5.77. The molecule has 1 atom stereocenters. The predicted octanol–water partition coefficient (Wildman–Crippen LogP) is 2.91. The summed E-state index contributed by atoms with van der Waals surface area (Å²) in [6, 6.07) is 18.2. The zero-order valence-electron chi connectivity index (χ0n) is 11.9. The molecule has 0 bridgehead atoms. The van der Waals surface area contributed by atoms with E-state index in [1.807, 2.05) is 42.5 Å². The van der Waals surface area contributed by atoms with Crippen molar-refractivity contribution < 1.29 is 9.90 Å². The molecule has 1 aliphatic heterocycles. The first kappa shape index (κ1) is 13.8. The Bertz CT molecular complexity index is 624. The van der Waals surface area contributed by atoms with Crippen LogP contribution in [0, 0.1) is 0 Å². The van der Waals surface area contributed by atoms with E-state index in [1.54, 1.807) is 0 Å². The van der Waals surface area contributed by atoms with E-state index >= 15 is 0 Å².